The molecular formula is C26H21Br2FN2O7. The average Bonchev–Trinajstić information content (AvgIpc) is 3.48. The summed E-state index contributed by atoms with van der Waals surface area (Å²) >= 11 is 7.03. The van der Waals surface area contributed by atoms with Crippen molar-refractivity contribution in [2.24, 2.45) is 0 Å². The number of nitrogens with one attached hydrogen (secondary N) is 1. The Morgan fingerprint density at radius 3 is 2.53 bits per heavy atom. The zero-order valence-electron chi connectivity index (χ0n) is 20.2. The van der Waals surface area contributed by atoms with Crippen molar-refractivity contribution in [2.45, 2.75) is 20.1 Å². The summed E-state index contributed by atoms with van der Waals surface area (Å²) in [7, 11) is 1.22. The lowest BCUT2D eigenvalue weighted by molar-refractivity contribution is -0.123. The van der Waals surface area contributed by atoms with Gasteiger partial charge in [0.25, 0.3) is 5.91 Å². The predicted molar refractivity (Wildman–Crippen MR) is 141 cm³/mol. The second kappa shape index (κ2) is 11.8. The third-order valence-electron chi connectivity index (χ3n) is 5.38. The van der Waals surface area contributed by atoms with Crippen LogP contribution in [0, 0.1) is 5.82 Å². The minimum atomic E-state index is -0.667. The van der Waals surface area contributed by atoms with Crippen molar-refractivity contribution in [3.05, 3.63) is 85.6 Å². The lowest BCUT2D eigenvalue weighted by Gasteiger charge is -2.17. The highest BCUT2D eigenvalue weighted by atomic mass is 79.9. The number of carbonyl (C=O) groups is 3. The second-order valence-corrected chi connectivity index (χ2v) is 9.49. The van der Waals surface area contributed by atoms with Gasteiger partial charge in [-0.05, 0) is 86.3 Å². The van der Waals surface area contributed by atoms with Gasteiger partial charge in [-0.15, -0.1) is 0 Å². The van der Waals surface area contributed by atoms with Crippen LogP contribution in [0.3, 0.4) is 0 Å². The number of urea groups is 1. The van der Waals surface area contributed by atoms with Gasteiger partial charge in [0.05, 0.1) is 24.7 Å². The summed E-state index contributed by atoms with van der Waals surface area (Å²) < 4.78 is 36.0. The smallest absolute Gasteiger partial charge is 0.373 e. The fourth-order valence-electron chi connectivity index (χ4n) is 3.54. The Labute approximate surface area is 233 Å². The number of halogens is 3. The fourth-order valence-corrected chi connectivity index (χ4v) is 4.49. The third-order valence-corrected chi connectivity index (χ3v) is 7.52. The lowest BCUT2D eigenvalue weighted by atomic mass is 10.1. The molecule has 1 N–H and O–H groups in total. The van der Waals surface area contributed by atoms with Crippen molar-refractivity contribution in [3.8, 4) is 11.5 Å². The van der Waals surface area contributed by atoms with E-state index in [1.165, 1.54) is 37.5 Å². The number of furan rings is 1. The molecule has 1 fully saturated rings. The number of amides is 3. The van der Waals surface area contributed by atoms with E-state index in [1.54, 1.807) is 18.2 Å². The van der Waals surface area contributed by atoms with E-state index in [9.17, 15) is 18.8 Å². The molecule has 198 valence electrons. The molecule has 1 saturated heterocycles. The first-order chi connectivity index (χ1) is 18.2. The van der Waals surface area contributed by atoms with Gasteiger partial charge >= 0.3 is 12.0 Å². The monoisotopic (exact) mass is 650 g/mol. The van der Waals surface area contributed by atoms with E-state index in [-0.39, 0.29) is 36.2 Å². The molecule has 0 bridgehead atoms. The molecule has 3 amide bonds. The standard InChI is InChI=1S/C26H21Br2FN2O7/c1-3-36-20-11-15(21(27)22(28)23(20)37-13-14-4-6-16(29)7-5-14)10-18-24(32)31(26(34)30-18)12-17-8-9-19(38-17)25(33)35-2/h4-11H,3,12-13H2,1-2H3,(H,30,34)/b18-10-. The first kappa shape index (κ1) is 27.4. The Morgan fingerprint density at radius 1 is 1.11 bits per heavy atom. The summed E-state index contributed by atoms with van der Waals surface area (Å²) in [5, 5.41) is 2.55. The fraction of sp³-hybridized carbons (Fsp3) is 0.192. The molecule has 0 saturated carbocycles. The minimum absolute atomic E-state index is 0.0322. The van der Waals surface area contributed by atoms with Gasteiger partial charge in [0.15, 0.2) is 11.5 Å². The molecule has 38 heavy (non-hydrogen) atoms. The van der Waals surface area contributed by atoms with Crippen molar-refractivity contribution >= 4 is 55.8 Å². The first-order valence-corrected chi connectivity index (χ1v) is 12.8. The van der Waals surface area contributed by atoms with Crippen molar-refractivity contribution in [2.75, 3.05) is 13.7 Å². The van der Waals surface area contributed by atoms with Gasteiger partial charge in [-0.25, -0.2) is 14.0 Å². The molecular weight excluding hydrogens is 631 g/mol. The molecule has 1 aliphatic heterocycles. The Kier molecular flexibility index (Phi) is 8.52. The first-order valence-electron chi connectivity index (χ1n) is 11.2. The number of methoxy groups -OCH3 is 1. The Balaban J connectivity index is 1.57. The molecule has 0 unspecified atom stereocenters. The van der Waals surface area contributed by atoms with E-state index in [4.69, 9.17) is 13.9 Å². The number of benzene rings is 2. The molecule has 9 nitrogen and oxygen atoms in total. The maximum absolute atomic E-state index is 13.2. The molecule has 0 aliphatic carbocycles. The molecule has 2 aromatic carbocycles. The van der Waals surface area contributed by atoms with Crippen molar-refractivity contribution in [3.63, 3.8) is 0 Å². The van der Waals surface area contributed by atoms with Crippen LogP contribution in [0.2, 0.25) is 0 Å². The van der Waals surface area contributed by atoms with Crippen LogP contribution in [0.15, 0.2) is 61.5 Å². The Morgan fingerprint density at radius 2 is 1.84 bits per heavy atom. The predicted octanol–water partition coefficient (Wildman–Crippen LogP) is 5.80. The van der Waals surface area contributed by atoms with Gasteiger partial charge in [0.2, 0.25) is 5.76 Å². The number of imide groups is 1. The maximum Gasteiger partial charge on any atom is 0.373 e. The average molecular weight is 652 g/mol. The van der Waals surface area contributed by atoms with Gasteiger partial charge in [-0.2, -0.15) is 0 Å². The molecule has 0 spiro atoms. The summed E-state index contributed by atoms with van der Waals surface area (Å²) in [6, 6.07) is 9.86. The molecule has 1 aromatic heterocycles. The van der Waals surface area contributed by atoms with Gasteiger partial charge in [-0.1, -0.05) is 12.1 Å². The third kappa shape index (κ3) is 5.91. The van der Waals surface area contributed by atoms with E-state index in [1.807, 2.05) is 6.92 Å². The SMILES string of the molecule is CCOc1cc(/C=C2\NC(=O)N(Cc3ccc(C(=O)OC)o3)C2=O)c(Br)c(Br)c1OCc1ccc(F)cc1. The van der Waals surface area contributed by atoms with E-state index in [2.05, 4.69) is 41.9 Å². The van der Waals surface area contributed by atoms with E-state index in [0.29, 0.717) is 32.6 Å². The number of hydrogen-bond acceptors (Lipinski definition) is 7. The van der Waals surface area contributed by atoms with Crippen LogP contribution in [-0.2, 0) is 22.7 Å². The van der Waals surface area contributed by atoms with Crippen LogP contribution in [-0.4, -0.2) is 36.5 Å². The van der Waals surface area contributed by atoms with Gasteiger partial charge < -0.3 is 23.9 Å². The van der Waals surface area contributed by atoms with Crippen LogP contribution in [0.4, 0.5) is 9.18 Å². The van der Waals surface area contributed by atoms with Crippen LogP contribution in [0.25, 0.3) is 6.08 Å². The molecule has 0 radical (unpaired) electrons. The number of nitrogens with zero attached hydrogens (tertiary/aromatic N) is 1. The number of carbonyl (C=O) groups excluding carboxylic acids is 3. The molecule has 0 atom stereocenters. The molecule has 12 heteroatoms. The number of esters is 1. The zero-order valence-corrected chi connectivity index (χ0v) is 23.4. The van der Waals surface area contributed by atoms with Crippen LogP contribution >= 0.6 is 31.9 Å². The van der Waals surface area contributed by atoms with E-state index in [0.717, 1.165) is 10.5 Å². The normalized spacial score (nSPS) is 14.1. The summed E-state index contributed by atoms with van der Waals surface area (Å²) in [4.78, 5) is 38.1. The molecule has 1 aliphatic rings. The summed E-state index contributed by atoms with van der Waals surface area (Å²) in [6.45, 7) is 2.15. The topological polar surface area (TPSA) is 107 Å². The van der Waals surface area contributed by atoms with Gasteiger partial charge in [0.1, 0.15) is 23.9 Å². The Bertz CT molecular complexity index is 1420. The molecule has 2 heterocycles. The zero-order chi connectivity index (χ0) is 27.4. The van der Waals surface area contributed by atoms with E-state index < -0.39 is 17.9 Å². The van der Waals surface area contributed by atoms with Crippen molar-refractivity contribution in [1.82, 2.24) is 10.2 Å². The molecule has 3 aromatic rings. The maximum atomic E-state index is 13.2. The summed E-state index contributed by atoms with van der Waals surface area (Å²) in [5.41, 5.74) is 1.33. The van der Waals surface area contributed by atoms with Gasteiger partial charge in [-0.3, -0.25) is 9.69 Å². The largest absolute Gasteiger partial charge is 0.490 e. The van der Waals surface area contributed by atoms with Crippen molar-refractivity contribution in [1.29, 1.82) is 0 Å². The summed E-state index contributed by atoms with van der Waals surface area (Å²) in [6.07, 6.45) is 1.50. The van der Waals surface area contributed by atoms with Gasteiger partial charge in [0, 0.05) is 4.47 Å². The van der Waals surface area contributed by atoms with Crippen LogP contribution in [0.1, 0.15) is 34.4 Å². The highest BCUT2D eigenvalue weighted by molar-refractivity contribution is 9.13. The second-order valence-electron chi connectivity index (χ2n) is 7.91. The lowest BCUT2D eigenvalue weighted by Crippen LogP contribution is -2.30. The minimum Gasteiger partial charge on any atom is -0.490 e. The molecule has 4 rings (SSSR count). The number of ether oxygens (including phenoxy) is 3. The highest BCUT2D eigenvalue weighted by Gasteiger charge is 2.35. The van der Waals surface area contributed by atoms with E-state index >= 15 is 0 Å². The highest BCUT2D eigenvalue weighted by Crippen LogP contribution is 2.44. The van der Waals surface area contributed by atoms with Crippen LogP contribution < -0.4 is 14.8 Å². The number of rotatable bonds is 9. The Hall–Kier alpha value is -3.64. The van der Waals surface area contributed by atoms with Crippen LogP contribution in [0.5, 0.6) is 11.5 Å². The number of hydrogen-bond donors (Lipinski definition) is 1. The summed E-state index contributed by atoms with van der Waals surface area (Å²) in [5.74, 6) is -0.579. The van der Waals surface area contributed by atoms with Crippen molar-refractivity contribution < 1.29 is 37.4 Å². The quantitative estimate of drug-likeness (QED) is 0.177.